The molecule has 3 nitrogen and oxygen atoms in total. The number of aryl methyl sites for hydroxylation is 2. The molecular formula is C11H11ClO3S. The molecule has 5 heteroatoms. The Bertz CT molecular complexity index is 613. The fraction of sp³-hybridized carbons (Fsp3) is 0.273. The molecule has 0 bridgehead atoms. The first kappa shape index (κ1) is 11.5. The smallest absolute Gasteiger partial charge is 0.232 e. The summed E-state index contributed by atoms with van der Waals surface area (Å²) >= 11 is 0. The summed E-state index contributed by atoms with van der Waals surface area (Å²) < 4.78 is 27.2. The fourth-order valence-electron chi connectivity index (χ4n) is 1.67. The Morgan fingerprint density at radius 1 is 1.38 bits per heavy atom. The Morgan fingerprint density at radius 2 is 2.12 bits per heavy atom. The number of hydrogen-bond donors (Lipinski definition) is 0. The zero-order chi connectivity index (χ0) is 11.8. The van der Waals surface area contributed by atoms with Crippen LogP contribution in [0, 0.1) is 6.92 Å². The van der Waals surface area contributed by atoms with Crippen LogP contribution < -0.4 is 0 Å². The molecule has 0 radical (unpaired) electrons. The highest BCUT2D eigenvalue weighted by atomic mass is 35.7. The minimum absolute atomic E-state index is 0.0760. The first-order valence-corrected chi connectivity index (χ1v) is 7.33. The third kappa shape index (κ3) is 2.39. The van der Waals surface area contributed by atoms with Crippen LogP contribution in [0.25, 0.3) is 11.0 Å². The molecule has 0 amide bonds. The van der Waals surface area contributed by atoms with E-state index < -0.39 is 9.05 Å². The topological polar surface area (TPSA) is 47.3 Å². The predicted octanol–water partition coefficient (Wildman–Crippen LogP) is 2.85. The molecule has 86 valence electrons. The molecule has 0 aliphatic heterocycles. The standard InChI is InChI=1S/C11H11ClO3S/c1-8-7-15-11-9(3-2-4-10(8)11)5-6-16(12,13)14/h2-4,7H,5-6H2,1H3. The Hall–Kier alpha value is -1.00. The quantitative estimate of drug-likeness (QED) is 0.796. The van der Waals surface area contributed by atoms with Gasteiger partial charge in [0.1, 0.15) is 5.58 Å². The van der Waals surface area contributed by atoms with Crippen LogP contribution in [-0.4, -0.2) is 14.2 Å². The zero-order valence-corrected chi connectivity index (χ0v) is 10.3. The lowest BCUT2D eigenvalue weighted by molar-refractivity contribution is 0.604. The number of benzene rings is 1. The molecule has 0 atom stereocenters. The second-order valence-corrected chi connectivity index (χ2v) is 6.60. The molecule has 0 N–H and O–H groups in total. The summed E-state index contributed by atoms with van der Waals surface area (Å²) in [4.78, 5) is 0. The van der Waals surface area contributed by atoms with Crippen LogP contribution in [0.1, 0.15) is 11.1 Å². The summed E-state index contributed by atoms with van der Waals surface area (Å²) in [6.07, 6.45) is 2.04. The lowest BCUT2D eigenvalue weighted by atomic mass is 10.1. The first-order valence-electron chi connectivity index (χ1n) is 4.85. The van der Waals surface area contributed by atoms with Gasteiger partial charge in [0.25, 0.3) is 0 Å². The van der Waals surface area contributed by atoms with Crippen molar-refractivity contribution in [2.45, 2.75) is 13.3 Å². The fourth-order valence-corrected chi connectivity index (χ4v) is 2.37. The molecule has 1 heterocycles. The number of fused-ring (bicyclic) bond motifs is 1. The molecule has 0 fully saturated rings. The predicted molar refractivity (Wildman–Crippen MR) is 64.3 cm³/mol. The van der Waals surface area contributed by atoms with Crippen LogP contribution in [0.15, 0.2) is 28.9 Å². The molecule has 2 rings (SSSR count). The largest absolute Gasteiger partial charge is 0.464 e. The van der Waals surface area contributed by atoms with Crippen molar-refractivity contribution in [1.29, 1.82) is 0 Å². The van der Waals surface area contributed by atoms with E-state index in [1.54, 1.807) is 6.26 Å². The van der Waals surface area contributed by atoms with Gasteiger partial charge in [-0.25, -0.2) is 8.42 Å². The zero-order valence-electron chi connectivity index (χ0n) is 8.73. The Labute approximate surface area is 98.4 Å². The number of para-hydroxylation sites is 1. The van der Waals surface area contributed by atoms with Gasteiger partial charge in [0.2, 0.25) is 9.05 Å². The van der Waals surface area contributed by atoms with Gasteiger partial charge >= 0.3 is 0 Å². The minimum Gasteiger partial charge on any atom is -0.464 e. The SMILES string of the molecule is Cc1coc2c(CCS(=O)(=O)Cl)cccc12. The van der Waals surface area contributed by atoms with Crippen molar-refractivity contribution in [3.63, 3.8) is 0 Å². The Morgan fingerprint density at radius 3 is 2.81 bits per heavy atom. The van der Waals surface area contributed by atoms with Gasteiger partial charge < -0.3 is 4.42 Å². The summed E-state index contributed by atoms with van der Waals surface area (Å²) in [5, 5.41) is 1.02. The summed E-state index contributed by atoms with van der Waals surface area (Å²) in [6, 6.07) is 5.70. The van der Waals surface area contributed by atoms with Crippen molar-refractivity contribution >= 4 is 30.7 Å². The van der Waals surface area contributed by atoms with Crippen molar-refractivity contribution in [3.8, 4) is 0 Å². The minimum atomic E-state index is -3.45. The Kier molecular flexibility index (Phi) is 2.95. The van der Waals surface area contributed by atoms with Crippen molar-refractivity contribution in [3.05, 3.63) is 35.6 Å². The molecule has 0 saturated heterocycles. The lowest BCUT2D eigenvalue weighted by Crippen LogP contribution is -2.01. The van der Waals surface area contributed by atoms with Gasteiger partial charge in [-0.05, 0) is 24.5 Å². The highest BCUT2D eigenvalue weighted by Crippen LogP contribution is 2.24. The molecule has 16 heavy (non-hydrogen) atoms. The van der Waals surface area contributed by atoms with Gasteiger partial charge in [-0.2, -0.15) is 0 Å². The van der Waals surface area contributed by atoms with Crippen LogP contribution in [0.4, 0.5) is 0 Å². The van der Waals surface area contributed by atoms with E-state index in [-0.39, 0.29) is 5.75 Å². The molecule has 0 aliphatic rings. The van der Waals surface area contributed by atoms with E-state index in [2.05, 4.69) is 0 Å². The second-order valence-electron chi connectivity index (χ2n) is 3.71. The maximum Gasteiger partial charge on any atom is 0.232 e. The second kappa shape index (κ2) is 4.11. The number of rotatable bonds is 3. The van der Waals surface area contributed by atoms with E-state index >= 15 is 0 Å². The summed E-state index contributed by atoms with van der Waals surface area (Å²) in [6.45, 7) is 1.95. The summed E-state index contributed by atoms with van der Waals surface area (Å²) in [5.74, 6) is -0.0760. The molecule has 1 aromatic heterocycles. The molecular weight excluding hydrogens is 248 g/mol. The van der Waals surface area contributed by atoms with Crippen LogP contribution in [-0.2, 0) is 15.5 Å². The maximum absolute atomic E-state index is 10.9. The maximum atomic E-state index is 10.9. The van der Waals surface area contributed by atoms with Crippen LogP contribution in [0.3, 0.4) is 0 Å². The molecule has 0 unspecified atom stereocenters. The highest BCUT2D eigenvalue weighted by molar-refractivity contribution is 8.13. The summed E-state index contributed by atoms with van der Waals surface area (Å²) in [5.41, 5.74) is 2.67. The number of hydrogen-bond acceptors (Lipinski definition) is 3. The molecule has 1 aromatic carbocycles. The summed E-state index contributed by atoms with van der Waals surface area (Å²) in [7, 11) is 1.73. The van der Waals surface area contributed by atoms with E-state index in [0.717, 1.165) is 22.1 Å². The van der Waals surface area contributed by atoms with E-state index in [9.17, 15) is 8.42 Å². The van der Waals surface area contributed by atoms with E-state index in [1.165, 1.54) is 0 Å². The van der Waals surface area contributed by atoms with Gasteiger partial charge in [-0.15, -0.1) is 0 Å². The average Bonchev–Trinajstić information content (AvgIpc) is 2.57. The van der Waals surface area contributed by atoms with Crippen LogP contribution >= 0.6 is 10.7 Å². The van der Waals surface area contributed by atoms with E-state index in [1.807, 2.05) is 25.1 Å². The van der Waals surface area contributed by atoms with Crippen molar-refractivity contribution < 1.29 is 12.8 Å². The van der Waals surface area contributed by atoms with Crippen molar-refractivity contribution in [2.24, 2.45) is 0 Å². The van der Waals surface area contributed by atoms with Gasteiger partial charge in [-0.1, -0.05) is 18.2 Å². The van der Waals surface area contributed by atoms with Gasteiger partial charge in [0, 0.05) is 16.1 Å². The van der Waals surface area contributed by atoms with Gasteiger partial charge in [0.15, 0.2) is 0 Å². The molecule has 2 aromatic rings. The lowest BCUT2D eigenvalue weighted by Gasteiger charge is -2.00. The molecule has 0 spiro atoms. The first-order chi connectivity index (χ1) is 7.47. The van der Waals surface area contributed by atoms with Gasteiger partial charge in [-0.3, -0.25) is 0 Å². The normalized spacial score (nSPS) is 12.1. The van der Waals surface area contributed by atoms with Crippen LogP contribution in [0.5, 0.6) is 0 Å². The Balaban J connectivity index is 2.38. The van der Waals surface area contributed by atoms with E-state index in [4.69, 9.17) is 15.1 Å². The van der Waals surface area contributed by atoms with E-state index in [0.29, 0.717) is 6.42 Å². The molecule has 0 aliphatic carbocycles. The third-order valence-electron chi connectivity index (χ3n) is 2.49. The number of furan rings is 1. The molecule has 0 saturated carbocycles. The van der Waals surface area contributed by atoms with Crippen molar-refractivity contribution in [2.75, 3.05) is 5.75 Å². The monoisotopic (exact) mass is 258 g/mol. The van der Waals surface area contributed by atoms with Crippen molar-refractivity contribution in [1.82, 2.24) is 0 Å². The number of halogens is 1. The highest BCUT2D eigenvalue weighted by Gasteiger charge is 2.10. The average molecular weight is 259 g/mol. The third-order valence-corrected chi connectivity index (χ3v) is 3.64. The van der Waals surface area contributed by atoms with Crippen LogP contribution in [0.2, 0.25) is 0 Å². The van der Waals surface area contributed by atoms with Gasteiger partial charge in [0.05, 0.1) is 12.0 Å².